The monoisotopic (exact) mass is 239 g/mol. The van der Waals surface area contributed by atoms with Gasteiger partial charge in [-0.25, -0.2) is 0 Å². The summed E-state index contributed by atoms with van der Waals surface area (Å²) >= 11 is 0. The molecule has 0 aliphatic carbocycles. The molecule has 1 rings (SSSR count). The predicted octanol–water partition coefficient (Wildman–Crippen LogP) is 1.06. The van der Waals surface area contributed by atoms with Gasteiger partial charge in [-0.3, -0.25) is 0 Å². The van der Waals surface area contributed by atoms with Gasteiger partial charge >= 0.3 is 0 Å². The molecule has 0 saturated heterocycles. The summed E-state index contributed by atoms with van der Waals surface area (Å²) in [7, 11) is 0. The molecule has 96 valence electrons. The molecule has 1 aromatic heterocycles. The van der Waals surface area contributed by atoms with Gasteiger partial charge < -0.3 is 21.5 Å². The summed E-state index contributed by atoms with van der Waals surface area (Å²) in [6.45, 7) is 6.87. The fourth-order valence-corrected chi connectivity index (χ4v) is 1.23. The Morgan fingerprint density at radius 3 is 2.41 bits per heavy atom. The Kier molecular flexibility index (Phi) is 4.51. The van der Waals surface area contributed by atoms with E-state index in [1.807, 2.05) is 13.8 Å². The number of hydrogen-bond donors (Lipinski definition) is 4. The Morgan fingerprint density at radius 1 is 1.29 bits per heavy atom. The zero-order chi connectivity index (χ0) is 12.9. The van der Waals surface area contributed by atoms with Crippen LogP contribution in [0.15, 0.2) is 6.07 Å². The van der Waals surface area contributed by atoms with Crippen molar-refractivity contribution in [3.63, 3.8) is 0 Å². The normalized spacial score (nSPS) is 14.1. The summed E-state index contributed by atoms with van der Waals surface area (Å²) in [5.41, 5.74) is 4.84. The summed E-state index contributed by atoms with van der Waals surface area (Å²) in [4.78, 5) is 8.10. The van der Waals surface area contributed by atoms with Crippen LogP contribution in [-0.2, 0) is 0 Å². The van der Waals surface area contributed by atoms with E-state index in [1.165, 1.54) is 0 Å². The fraction of sp³-hybridized carbons (Fsp3) is 0.636. The van der Waals surface area contributed by atoms with Gasteiger partial charge in [-0.2, -0.15) is 9.97 Å². The predicted molar refractivity (Wildman–Crippen MR) is 70.0 cm³/mol. The maximum Gasteiger partial charge on any atom is 0.223 e. The molecular formula is C11H21N5O. The highest BCUT2D eigenvalue weighted by Crippen LogP contribution is 2.14. The van der Waals surface area contributed by atoms with Crippen molar-refractivity contribution in [1.82, 2.24) is 9.97 Å². The zero-order valence-corrected chi connectivity index (χ0v) is 10.6. The van der Waals surface area contributed by atoms with E-state index in [0.29, 0.717) is 24.6 Å². The lowest BCUT2D eigenvalue weighted by Gasteiger charge is -2.22. The molecule has 5 N–H and O–H groups in total. The first-order valence-corrected chi connectivity index (χ1v) is 5.81. The molecule has 0 bridgehead atoms. The number of nitrogens with zero attached hydrogens (tertiary/aromatic N) is 2. The Labute approximate surface area is 102 Å². The highest BCUT2D eigenvalue weighted by molar-refractivity contribution is 5.51. The number of nitrogens with one attached hydrogen (secondary N) is 2. The number of aliphatic hydroxyl groups is 1. The second-order valence-electron chi connectivity index (χ2n) is 4.23. The SMILES string of the molecule is CCNc1cc(NCC(C)(O)CC)nc(N)n1. The molecule has 6 heteroatoms. The van der Waals surface area contributed by atoms with E-state index in [-0.39, 0.29) is 5.95 Å². The minimum Gasteiger partial charge on any atom is -0.388 e. The molecule has 0 saturated carbocycles. The molecular weight excluding hydrogens is 218 g/mol. The maximum absolute atomic E-state index is 9.87. The van der Waals surface area contributed by atoms with Gasteiger partial charge in [0.2, 0.25) is 5.95 Å². The number of rotatable bonds is 6. The first-order valence-electron chi connectivity index (χ1n) is 5.81. The Hall–Kier alpha value is -1.56. The molecule has 1 heterocycles. The molecule has 0 spiro atoms. The van der Waals surface area contributed by atoms with Crippen LogP contribution in [-0.4, -0.2) is 33.8 Å². The molecule has 6 nitrogen and oxygen atoms in total. The first kappa shape index (κ1) is 13.5. The average molecular weight is 239 g/mol. The lowest BCUT2D eigenvalue weighted by Crippen LogP contribution is -2.32. The van der Waals surface area contributed by atoms with Gasteiger partial charge in [0.25, 0.3) is 0 Å². The number of anilines is 3. The topological polar surface area (TPSA) is 96.1 Å². The van der Waals surface area contributed by atoms with Gasteiger partial charge in [0.05, 0.1) is 5.60 Å². The highest BCUT2D eigenvalue weighted by atomic mass is 16.3. The first-order chi connectivity index (χ1) is 7.96. The van der Waals surface area contributed by atoms with Gasteiger partial charge in [-0.1, -0.05) is 6.92 Å². The lowest BCUT2D eigenvalue weighted by atomic mass is 10.0. The van der Waals surface area contributed by atoms with E-state index in [0.717, 1.165) is 6.54 Å². The quantitative estimate of drug-likeness (QED) is 0.593. The van der Waals surface area contributed by atoms with Crippen molar-refractivity contribution in [2.24, 2.45) is 0 Å². The van der Waals surface area contributed by atoms with Gasteiger partial charge in [-0.05, 0) is 20.3 Å². The molecule has 0 aliphatic rings. The minimum atomic E-state index is -0.752. The summed E-state index contributed by atoms with van der Waals surface area (Å²) in [6, 6.07) is 1.77. The molecule has 0 amide bonds. The van der Waals surface area contributed by atoms with E-state index in [2.05, 4.69) is 20.6 Å². The van der Waals surface area contributed by atoms with Crippen LogP contribution in [0.3, 0.4) is 0 Å². The van der Waals surface area contributed by atoms with Gasteiger partial charge in [-0.15, -0.1) is 0 Å². The zero-order valence-electron chi connectivity index (χ0n) is 10.6. The molecule has 0 aromatic carbocycles. The van der Waals surface area contributed by atoms with E-state index in [9.17, 15) is 5.11 Å². The molecule has 0 fully saturated rings. The summed E-state index contributed by atoms with van der Waals surface area (Å²) < 4.78 is 0. The van der Waals surface area contributed by atoms with Crippen molar-refractivity contribution in [3.8, 4) is 0 Å². The van der Waals surface area contributed by atoms with Gasteiger partial charge in [0.15, 0.2) is 0 Å². The van der Waals surface area contributed by atoms with Crippen LogP contribution in [0.1, 0.15) is 27.2 Å². The van der Waals surface area contributed by atoms with Crippen molar-refractivity contribution in [2.45, 2.75) is 32.8 Å². The molecule has 0 radical (unpaired) electrons. The third-order valence-corrected chi connectivity index (χ3v) is 2.51. The van der Waals surface area contributed by atoms with Crippen LogP contribution in [0.2, 0.25) is 0 Å². The number of nitrogen functional groups attached to an aromatic ring is 1. The van der Waals surface area contributed by atoms with Gasteiger partial charge in [0, 0.05) is 19.2 Å². The summed E-state index contributed by atoms with van der Waals surface area (Å²) in [5.74, 6) is 1.50. The van der Waals surface area contributed by atoms with Crippen molar-refractivity contribution < 1.29 is 5.11 Å². The second kappa shape index (κ2) is 5.67. The second-order valence-corrected chi connectivity index (χ2v) is 4.23. The number of nitrogens with two attached hydrogens (primary N) is 1. The number of aromatic nitrogens is 2. The molecule has 1 aromatic rings. The third kappa shape index (κ3) is 4.44. The van der Waals surface area contributed by atoms with Crippen LogP contribution < -0.4 is 16.4 Å². The van der Waals surface area contributed by atoms with E-state index in [1.54, 1.807) is 13.0 Å². The van der Waals surface area contributed by atoms with Crippen molar-refractivity contribution in [1.29, 1.82) is 0 Å². The van der Waals surface area contributed by atoms with Crippen molar-refractivity contribution in [3.05, 3.63) is 6.07 Å². The maximum atomic E-state index is 9.87. The molecule has 17 heavy (non-hydrogen) atoms. The number of hydrogen-bond acceptors (Lipinski definition) is 6. The van der Waals surface area contributed by atoms with E-state index in [4.69, 9.17) is 5.73 Å². The minimum absolute atomic E-state index is 0.210. The average Bonchev–Trinajstić information content (AvgIpc) is 2.26. The third-order valence-electron chi connectivity index (χ3n) is 2.51. The summed E-state index contributed by atoms with van der Waals surface area (Å²) in [5, 5.41) is 16.0. The fourth-order valence-electron chi connectivity index (χ4n) is 1.23. The van der Waals surface area contributed by atoms with E-state index >= 15 is 0 Å². The Balaban J connectivity index is 2.70. The van der Waals surface area contributed by atoms with Crippen LogP contribution in [0.4, 0.5) is 17.6 Å². The van der Waals surface area contributed by atoms with Crippen LogP contribution in [0, 0.1) is 0 Å². The smallest absolute Gasteiger partial charge is 0.223 e. The Morgan fingerprint density at radius 2 is 1.88 bits per heavy atom. The Bertz CT molecular complexity index is 367. The van der Waals surface area contributed by atoms with Crippen LogP contribution in [0.25, 0.3) is 0 Å². The standard InChI is InChI=1S/C11H21N5O/c1-4-11(3,17)7-14-9-6-8(13-5-2)15-10(12)16-9/h6,17H,4-5,7H2,1-3H3,(H4,12,13,14,15,16). The van der Waals surface area contributed by atoms with Crippen molar-refractivity contribution in [2.75, 3.05) is 29.5 Å². The molecule has 1 unspecified atom stereocenters. The highest BCUT2D eigenvalue weighted by Gasteiger charge is 2.17. The van der Waals surface area contributed by atoms with E-state index < -0.39 is 5.60 Å². The molecule has 1 atom stereocenters. The molecule has 0 aliphatic heterocycles. The van der Waals surface area contributed by atoms with Crippen molar-refractivity contribution >= 4 is 17.6 Å². The summed E-state index contributed by atoms with van der Waals surface area (Å²) in [6.07, 6.45) is 0.667. The lowest BCUT2D eigenvalue weighted by molar-refractivity contribution is 0.0696. The van der Waals surface area contributed by atoms with Crippen LogP contribution in [0.5, 0.6) is 0 Å². The van der Waals surface area contributed by atoms with Crippen LogP contribution >= 0.6 is 0 Å². The van der Waals surface area contributed by atoms with Gasteiger partial charge in [0.1, 0.15) is 11.6 Å². The largest absolute Gasteiger partial charge is 0.388 e.